The van der Waals surface area contributed by atoms with Gasteiger partial charge in [-0.15, -0.1) is 0 Å². The van der Waals surface area contributed by atoms with E-state index in [0.717, 1.165) is 0 Å². The van der Waals surface area contributed by atoms with E-state index in [1.807, 2.05) is 0 Å². The molecule has 1 heterocycles. The van der Waals surface area contributed by atoms with Gasteiger partial charge in [0.25, 0.3) is 0 Å². The summed E-state index contributed by atoms with van der Waals surface area (Å²) in [7, 11) is 0. The average molecular weight is 262 g/mol. The summed E-state index contributed by atoms with van der Waals surface area (Å²) in [5, 5.41) is 1.18. The van der Waals surface area contributed by atoms with Crippen molar-refractivity contribution in [1.29, 1.82) is 0 Å². The Hall–Kier alpha value is -2.43. The number of furan rings is 1. The number of carbonyl (C=O) groups excluding carboxylic acids is 1. The molecule has 0 saturated heterocycles. The van der Waals surface area contributed by atoms with Crippen LogP contribution in [0.15, 0.2) is 40.8 Å². The van der Waals surface area contributed by atoms with Gasteiger partial charge in [-0.3, -0.25) is 4.79 Å². The zero-order chi connectivity index (χ0) is 13.4. The van der Waals surface area contributed by atoms with Crippen molar-refractivity contribution in [3.63, 3.8) is 0 Å². The Labute approximate surface area is 106 Å². The maximum Gasteiger partial charge on any atom is 0.387 e. The molecule has 2 aromatic carbocycles. The number of para-hydroxylation sites is 1. The minimum atomic E-state index is -2.95. The monoisotopic (exact) mass is 262 g/mol. The highest BCUT2D eigenvalue weighted by molar-refractivity contribution is 6.13. The standard InChI is InChI=1S/C14H8F2O3/c15-14(16)19-11-6-5-8(7-17)12-9-3-1-2-4-10(9)18-13(11)12/h1-7,14H. The van der Waals surface area contributed by atoms with Crippen molar-refractivity contribution in [3.05, 3.63) is 42.0 Å². The van der Waals surface area contributed by atoms with Gasteiger partial charge in [-0.05, 0) is 18.2 Å². The fraction of sp³-hybridized carbons (Fsp3) is 0.0714. The van der Waals surface area contributed by atoms with E-state index in [2.05, 4.69) is 4.74 Å². The number of halogens is 2. The van der Waals surface area contributed by atoms with Gasteiger partial charge in [0.1, 0.15) is 5.58 Å². The first kappa shape index (κ1) is 11.6. The molecule has 0 unspecified atom stereocenters. The van der Waals surface area contributed by atoms with Crippen LogP contribution in [-0.4, -0.2) is 12.9 Å². The van der Waals surface area contributed by atoms with Crippen molar-refractivity contribution in [2.24, 2.45) is 0 Å². The van der Waals surface area contributed by atoms with Crippen molar-refractivity contribution in [1.82, 2.24) is 0 Å². The van der Waals surface area contributed by atoms with Gasteiger partial charge >= 0.3 is 6.61 Å². The van der Waals surface area contributed by atoms with Crippen molar-refractivity contribution in [2.45, 2.75) is 6.61 Å². The van der Waals surface area contributed by atoms with Crippen molar-refractivity contribution < 1.29 is 22.7 Å². The highest BCUT2D eigenvalue weighted by atomic mass is 19.3. The maximum atomic E-state index is 12.4. The van der Waals surface area contributed by atoms with Crippen LogP contribution in [0, 0.1) is 0 Å². The van der Waals surface area contributed by atoms with Crippen LogP contribution in [0.2, 0.25) is 0 Å². The SMILES string of the molecule is O=Cc1ccc(OC(F)F)c2oc3ccccc3c12. The second-order valence-electron chi connectivity index (χ2n) is 3.95. The van der Waals surface area contributed by atoms with Crippen molar-refractivity contribution in [2.75, 3.05) is 0 Å². The maximum absolute atomic E-state index is 12.4. The normalized spacial score (nSPS) is 11.3. The van der Waals surface area contributed by atoms with Crippen LogP contribution in [-0.2, 0) is 0 Å². The molecule has 0 N–H and O–H groups in total. The number of hydrogen-bond donors (Lipinski definition) is 0. The number of alkyl halides is 2. The summed E-state index contributed by atoms with van der Waals surface area (Å²) in [6.07, 6.45) is 0.663. The van der Waals surface area contributed by atoms with Crippen LogP contribution in [0.4, 0.5) is 8.78 Å². The van der Waals surface area contributed by atoms with Gasteiger partial charge < -0.3 is 9.15 Å². The average Bonchev–Trinajstić information content (AvgIpc) is 2.79. The molecule has 0 fully saturated rings. The lowest BCUT2D eigenvalue weighted by Crippen LogP contribution is -2.02. The third-order valence-corrected chi connectivity index (χ3v) is 2.87. The zero-order valence-electron chi connectivity index (χ0n) is 9.60. The lowest BCUT2D eigenvalue weighted by Gasteiger charge is -2.05. The van der Waals surface area contributed by atoms with Crippen molar-refractivity contribution in [3.8, 4) is 5.75 Å². The van der Waals surface area contributed by atoms with Gasteiger partial charge in [-0.25, -0.2) is 0 Å². The van der Waals surface area contributed by atoms with Gasteiger partial charge in [0.05, 0.1) is 0 Å². The summed E-state index contributed by atoms with van der Waals surface area (Å²) in [6, 6.07) is 9.76. The topological polar surface area (TPSA) is 39.4 Å². The second kappa shape index (κ2) is 4.35. The molecule has 3 nitrogen and oxygen atoms in total. The number of hydrogen-bond acceptors (Lipinski definition) is 3. The molecule has 0 aliphatic carbocycles. The molecular formula is C14H8F2O3. The second-order valence-corrected chi connectivity index (χ2v) is 3.95. The van der Waals surface area contributed by atoms with E-state index in [4.69, 9.17) is 4.42 Å². The van der Waals surface area contributed by atoms with Crippen LogP contribution >= 0.6 is 0 Å². The highest BCUT2D eigenvalue weighted by Gasteiger charge is 2.17. The highest BCUT2D eigenvalue weighted by Crippen LogP contribution is 2.37. The lowest BCUT2D eigenvalue weighted by molar-refractivity contribution is -0.0493. The quantitative estimate of drug-likeness (QED) is 0.670. The van der Waals surface area contributed by atoms with E-state index in [1.165, 1.54) is 12.1 Å². The van der Waals surface area contributed by atoms with Gasteiger partial charge in [0.15, 0.2) is 17.6 Å². The Morgan fingerprint density at radius 3 is 2.68 bits per heavy atom. The molecule has 0 radical (unpaired) electrons. The number of carbonyl (C=O) groups is 1. The Morgan fingerprint density at radius 2 is 1.95 bits per heavy atom. The number of fused-ring (bicyclic) bond motifs is 3. The summed E-state index contributed by atoms with van der Waals surface area (Å²) in [5.41, 5.74) is 1.05. The molecule has 0 bridgehead atoms. The number of aldehydes is 1. The molecule has 0 aliphatic heterocycles. The predicted molar refractivity (Wildman–Crippen MR) is 65.7 cm³/mol. The van der Waals surface area contributed by atoms with Gasteiger partial charge in [-0.1, -0.05) is 18.2 Å². The van der Waals surface area contributed by atoms with Gasteiger partial charge in [0.2, 0.25) is 0 Å². The third-order valence-electron chi connectivity index (χ3n) is 2.87. The Bertz CT molecular complexity index is 762. The largest absolute Gasteiger partial charge is 0.452 e. The first-order valence-corrected chi connectivity index (χ1v) is 5.55. The Balaban J connectivity index is 2.40. The van der Waals surface area contributed by atoms with E-state index in [9.17, 15) is 13.6 Å². The first-order valence-electron chi connectivity index (χ1n) is 5.55. The summed E-state index contributed by atoms with van der Waals surface area (Å²) >= 11 is 0. The first-order chi connectivity index (χ1) is 9.20. The summed E-state index contributed by atoms with van der Waals surface area (Å²) in [5.74, 6) is -0.0770. The molecular weight excluding hydrogens is 254 g/mol. The van der Waals surface area contributed by atoms with Crippen LogP contribution in [0.3, 0.4) is 0 Å². The predicted octanol–water partition coefficient (Wildman–Crippen LogP) is 4.00. The van der Waals surface area contributed by atoms with Crippen LogP contribution < -0.4 is 4.74 Å². The van der Waals surface area contributed by atoms with E-state index >= 15 is 0 Å². The lowest BCUT2D eigenvalue weighted by atomic mass is 10.1. The molecule has 0 aliphatic rings. The Kier molecular flexibility index (Phi) is 2.67. The molecule has 0 atom stereocenters. The summed E-state index contributed by atoms with van der Waals surface area (Å²) < 4.78 is 34.6. The summed E-state index contributed by atoms with van der Waals surface area (Å²) in [4.78, 5) is 11.1. The fourth-order valence-electron chi connectivity index (χ4n) is 2.12. The molecule has 96 valence electrons. The van der Waals surface area contributed by atoms with E-state index in [1.54, 1.807) is 24.3 Å². The molecule has 0 amide bonds. The molecule has 1 aromatic heterocycles. The van der Waals surface area contributed by atoms with Gasteiger partial charge in [-0.2, -0.15) is 8.78 Å². The smallest absolute Gasteiger partial charge is 0.387 e. The zero-order valence-corrected chi connectivity index (χ0v) is 9.60. The van der Waals surface area contributed by atoms with Crippen LogP contribution in [0.1, 0.15) is 10.4 Å². The number of ether oxygens (including phenoxy) is 1. The van der Waals surface area contributed by atoms with E-state index in [-0.39, 0.29) is 11.3 Å². The van der Waals surface area contributed by atoms with E-state index < -0.39 is 6.61 Å². The molecule has 19 heavy (non-hydrogen) atoms. The molecule has 0 spiro atoms. The van der Waals surface area contributed by atoms with Gasteiger partial charge in [0, 0.05) is 16.3 Å². The van der Waals surface area contributed by atoms with Crippen LogP contribution in [0.25, 0.3) is 21.9 Å². The minimum absolute atomic E-state index is 0.0770. The van der Waals surface area contributed by atoms with E-state index in [0.29, 0.717) is 28.2 Å². The Morgan fingerprint density at radius 1 is 1.16 bits per heavy atom. The number of rotatable bonds is 3. The molecule has 3 rings (SSSR count). The number of benzene rings is 2. The summed E-state index contributed by atoms with van der Waals surface area (Å²) in [6.45, 7) is -2.95. The fourth-order valence-corrected chi connectivity index (χ4v) is 2.12. The minimum Gasteiger partial charge on any atom is -0.452 e. The third kappa shape index (κ3) is 1.83. The van der Waals surface area contributed by atoms with Crippen LogP contribution in [0.5, 0.6) is 5.75 Å². The van der Waals surface area contributed by atoms with Crippen molar-refractivity contribution >= 4 is 28.2 Å². The molecule has 3 aromatic rings. The molecule has 5 heteroatoms. The molecule has 0 saturated carbocycles.